The van der Waals surface area contributed by atoms with Gasteiger partial charge in [0.25, 0.3) is 0 Å². The summed E-state index contributed by atoms with van der Waals surface area (Å²) in [4.78, 5) is 17.5. The van der Waals surface area contributed by atoms with Gasteiger partial charge >= 0.3 is 0 Å². The molecule has 142 valence electrons. The number of aromatic hydroxyl groups is 1. The van der Waals surface area contributed by atoms with E-state index in [0.717, 1.165) is 24.9 Å². The smallest absolute Gasteiger partial charge is 0.227 e. The number of benzene rings is 2. The summed E-state index contributed by atoms with van der Waals surface area (Å²) in [6.45, 7) is 3.27. The number of hydrogen-bond acceptors (Lipinski definition) is 3. The third-order valence-electron chi connectivity index (χ3n) is 6.71. The molecule has 2 bridgehead atoms. The lowest BCUT2D eigenvalue weighted by molar-refractivity contribution is -0.136. The van der Waals surface area contributed by atoms with Gasteiger partial charge in [0.05, 0.1) is 12.5 Å². The van der Waals surface area contributed by atoms with Crippen molar-refractivity contribution in [2.45, 2.75) is 43.7 Å². The van der Waals surface area contributed by atoms with Crippen LogP contribution in [0.2, 0.25) is 0 Å². The standard InChI is InChI=1S/C23H28N2O2/c1-23-11-12-24(2)20(14-17-9-10-18(26)15-19(17)23)22(23)25(3)21(27)13-16-7-5-4-6-8-16/h4-10,15,20,22,26H,11-14H2,1-3H3/t20-,22-,23?/m1/s1. The van der Waals surface area contributed by atoms with Crippen molar-refractivity contribution in [3.05, 3.63) is 65.2 Å². The monoisotopic (exact) mass is 364 g/mol. The lowest BCUT2D eigenvalue weighted by atomic mass is 9.61. The maximum atomic E-state index is 13.1. The van der Waals surface area contributed by atoms with Gasteiger partial charge in [-0.15, -0.1) is 0 Å². The van der Waals surface area contributed by atoms with Crippen LogP contribution in [-0.4, -0.2) is 53.5 Å². The van der Waals surface area contributed by atoms with Crippen molar-refractivity contribution >= 4 is 5.91 Å². The summed E-state index contributed by atoms with van der Waals surface area (Å²) in [5, 5.41) is 10.1. The van der Waals surface area contributed by atoms with Crippen molar-refractivity contribution in [2.24, 2.45) is 0 Å². The van der Waals surface area contributed by atoms with Gasteiger partial charge < -0.3 is 14.9 Å². The number of likely N-dealkylation sites (tertiary alicyclic amines) is 1. The number of amides is 1. The molecule has 1 fully saturated rings. The lowest BCUT2D eigenvalue weighted by Crippen LogP contribution is -2.67. The summed E-state index contributed by atoms with van der Waals surface area (Å²) < 4.78 is 0. The number of carbonyl (C=O) groups is 1. The Bertz CT molecular complexity index is 851. The van der Waals surface area contributed by atoms with Crippen molar-refractivity contribution in [3.63, 3.8) is 0 Å². The number of likely N-dealkylation sites (N-methyl/N-ethyl adjacent to an activating group) is 2. The fourth-order valence-corrected chi connectivity index (χ4v) is 5.18. The topological polar surface area (TPSA) is 43.8 Å². The van der Waals surface area contributed by atoms with Gasteiger partial charge in [-0.25, -0.2) is 0 Å². The quantitative estimate of drug-likeness (QED) is 0.911. The van der Waals surface area contributed by atoms with Gasteiger partial charge in [0.1, 0.15) is 5.75 Å². The summed E-state index contributed by atoms with van der Waals surface area (Å²) in [7, 11) is 4.12. The average molecular weight is 364 g/mol. The van der Waals surface area contributed by atoms with Crippen LogP contribution in [0.15, 0.2) is 48.5 Å². The van der Waals surface area contributed by atoms with Crippen LogP contribution in [0.5, 0.6) is 5.75 Å². The molecule has 2 aromatic carbocycles. The number of hydrogen-bond donors (Lipinski definition) is 1. The minimum Gasteiger partial charge on any atom is -0.508 e. The molecule has 1 aliphatic heterocycles. The number of rotatable bonds is 3. The molecule has 2 aliphatic rings. The second-order valence-electron chi connectivity index (χ2n) is 8.37. The highest BCUT2D eigenvalue weighted by Gasteiger charge is 2.52. The highest BCUT2D eigenvalue weighted by atomic mass is 16.3. The molecule has 2 aromatic rings. The molecule has 1 aliphatic carbocycles. The first-order valence-corrected chi connectivity index (χ1v) is 9.72. The molecule has 3 atom stereocenters. The number of nitrogens with zero attached hydrogens (tertiary/aromatic N) is 2. The van der Waals surface area contributed by atoms with E-state index in [1.165, 1.54) is 11.1 Å². The van der Waals surface area contributed by atoms with Gasteiger partial charge in [-0.05, 0) is 55.3 Å². The number of phenolic OH excluding ortho intramolecular Hbond substituents is 1. The fourth-order valence-electron chi connectivity index (χ4n) is 5.18. The summed E-state index contributed by atoms with van der Waals surface area (Å²) >= 11 is 0. The van der Waals surface area contributed by atoms with E-state index in [0.29, 0.717) is 18.2 Å². The summed E-state index contributed by atoms with van der Waals surface area (Å²) in [5.74, 6) is 0.464. The zero-order chi connectivity index (χ0) is 19.2. The molecule has 0 aromatic heterocycles. The predicted molar refractivity (Wildman–Crippen MR) is 107 cm³/mol. The number of carbonyl (C=O) groups excluding carboxylic acids is 1. The largest absolute Gasteiger partial charge is 0.508 e. The summed E-state index contributed by atoms with van der Waals surface area (Å²) in [5.41, 5.74) is 3.40. The lowest BCUT2D eigenvalue weighted by Gasteiger charge is -2.57. The Hall–Kier alpha value is -2.33. The second-order valence-corrected chi connectivity index (χ2v) is 8.37. The van der Waals surface area contributed by atoms with Crippen LogP contribution in [0.4, 0.5) is 0 Å². The molecule has 4 rings (SSSR count). The average Bonchev–Trinajstić information content (AvgIpc) is 2.66. The van der Waals surface area contributed by atoms with E-state index < -0.39 is 0 Å². The molecule has 1 saturated heterocycles. The molecule has 1 amide bonds. The van der Waals surface area contributed by atoms with E-state index >= 15 is 0 Å². The van der Waals surface area contributed by atoms with Gasteiger partial charge in [-0.2, -0.15) is 0 Å². The molecule has 0 spiro atoms. The van der Waals surface area contributed by atoms with E-state index in [4.69, 9.17) is 0 Å². The van der Waals surface area contributed by atoms with Crippen LogP contribution in [0.3, 0.4) is 0 Å². The van der Waals surface area contributed by atoms with E-state index in [2.05, 4.69) is 24.9 Å². The minimum atomic E-state index is -0.148. The van der Waals surface area contributed by atoms with Crippen molar-refractivity contribution in [1.29, 1.82) is 0 Å². The van der Waals surface area contributed by atoms with Crippen LogP contribution in [0.25, 0.3) is 0 Å². The van der Waals surface area contributed by atoms with Gasteiger partial charge in [-0.3, -0.25) is 4.79 Å². The first kappa shape index (κ1) is 18.1. The Kier molecular flexibility index (Phi) is 4.47. The third kappa shape index (κ3) is 3.02. The highest BCUT2D eigenvalue weighted by molar-refractivity contribution is 5.79. The maximum absolute atomic E-state index is 13.1. The molecular weight excluding hydrogens is 336 g/mol. The molecule has 4 heteroatoms. The van der Waals surface area contributed by atoms with E-state index in [1.807, 2.05) is 48.3 Å². The maximum Gasteiger partial charge on any atom is 0.227 e. The molecule has 1 unspecified atom stereocenters. The Morgan fingerprint density at radius 3 is 2.74 bits per heavy atom. The van der Waals surface area contributed by atoms with Crippen LogP contribution in [-0.2, 0) is 23.1 Å². The van der Waals surface area contributed by atoms with Gasteiger partial charge in [-0.1, -0.05) is 43.3 Å². The molecule has 1 N–H and O–H groups in total. The van der Waals surface area contributed by atoms with Crippen LogP contribution >= 0.6 is 0 Å². The Balaban J connectivity index is 1.69. The normalized spacial score (nSPS) is 27.1. The molecule has 1 heterocycles. The number of fused-ring (bicyclic) bond motifs is 4. The molecule has 0 saturated carbocycles. The molecular formula is C23H28N2O2. The Labute approximate surface area is 161 Å². The van der Waals surface area contributed by atoms with Crippen LogP contribution in [0.1, 0.15) is 30.0 Å². The van der Waals surface area contributed by atoms with Gasteiger partial charge in [0.2, 0.25) is 5.91 Å². The van der Waals surface area contributed by atoms with Gasteiger partial charge in [0, 0.05) is 18.5 Å². The van der Waals surface area contributed by atoms with Gasteiger partial charge in [0.15, 0.2) is 0 Å². The van der Waals surface area contributed by atoms with Crippen molar-refractivity contribution < 1.29 is 9.90 Å². The van der Waals surface area contributed by atoms with Crippen molar-refractivity contribution in [2.75, 3.05) is 20.6 Å². The highest BCUT2D eigenvalue weighted by Crippen LogP contribution is 2.47. The van der Waals surface area contributed by atoms with E-state index in [9.17, 15) is 9.90 Å². The van der Waals surface area contributed by atoms with E-state index in [1.54, 1.807) is 6.07 Å². The fraction of sp³-hybridized carbons (Fsp3) is 0.435. The predicted octanol–water partition coefficient (Wildman–Crippen LogP) is 2.98. The van der Waals surface area contributed by atoms with E-state index in [-0.39, 0.29) is 17.4 Å². The minimum absolute atomic E-state index is 0.0989. The zero-order valence-electron chi connectivity index (χ0n) is 16.4. The third-order valence-corrected chi connectivity index (χ3v) is 6.71. The SMILES string of the molecule is CN1CCC2(C)c3cc(O)ccc3C[C@@H]1[C@H]2N(C)C(=O)Cc1ccccc1. The second kappa shape index (κ2) is 6.68. The van der Waals surface area contributed by atoms with Crippen LogP contribution in [0, 0.1) is 0 Å². The summed E-state index contributed by atoms with van der Waals surface area (Å²) in [6.07, 6.45) is 2.31. The van der Waals surface area contributed by atoms with Crippen LogP contribution < -0.4 is 0 Å². The summed E-state index contributed by atoms with van der Waals surface area (Å²) in [6, 6.07) is 16.1. The number of phenols is 1. The number of piperidine rings is 1. The molecule has 4 nitrogen and oxygen atoms in total. The Morgan fingerprint density at radius 2 is 2.00 bits per heavy atom. The Morgan fingerprint density at radius 1 is 1.26 bits per heavy atom. The first-order chi connectivity index (χ1) is 12.9. The first-order valence-electron chi connectivity index (χ1n) is 9.72. The molecule has 27 heavy (non-hydrogen) atoms. The van der Waals surface area contributed by atoms with Crippen molar-refractivity contribution in [3.8, 4) is 5.75 Å². The molecule has 0 radical (unpaired) electrons. The van der Waals surface area contributed by atoms with Crippen molar-refractivity contribution in [1.82, 2.24) is 9.80 Å². The zero-order valence-corrected chi connectivity index (χ0v) is 16.4.